The summed E-state index contributed by atoms with van der Waals surface area (Å²) >= 11 is 0. The van der Waals surface area contributed by atoms with Gasteiger partial charge in [0.05, 0.1) is 18.2 Å². The van der Waals surface area contributed by atoms with Crippen molar-refractivity contribution in [2.24, 2.45) is 0 Å². The highest BCUT2D eigenvalue weighted by Gasteiger charge is 2.08. The highest BCUT2D eigenvalue weighted by atomic mass is 35.5. The fourth-order valence-corrected chi connectivity index (χ4v) is 2.45. The highest BCUT2D eigenvalue weighted by Crippen LogP contribution is 2.24. The molecule has 1 aromatic heterocycles. The third kappa shape index (κ3) is 4.57. The zero-order chi connectivity index (χ0) is 16.9. The van der Waals surface area contributed by atoms with E-state index in [9.17, 15) is 5.11 Å². The predicted molar refractivity (Wildman–Crippen MR) is 103 cm³/mol. The van der Waals surface area contributed by atoms with Gasteiger partial charge in [-0.15, -0.1) is 12.4 Å². The number of hydrogen-bond donors (Lipinski definition) is 4. The van der Waals surface area contributed by atoms with Crippen LogP contribution in [0.15, 0.2) is 48.5 Å². The number of aromatic nitrogens is 2. The first-order chi connectivity index (χ1) is 11.7. The molecule has 1 atom stereocenters. The summed E-state index contributed by atoms with van der Waals surface area (Å²) in [5.41, 5.74) is 2.43. The fraction of sp³-hybridized carbons (Fsp3) is 0.222. The second kappa shape index (κ2) is 8.62. The number of hydrogen-bond acceptors (Lipinski definition) is 6. The molecule has 132 valence electrons. The van der Waals surface area contributed by atoms with Crippen LogP contribution in [0.3, 0.4) is 0 Å². The van der Waals surface area contributed by atoms with E-state index in [1.807, 2.05) is 48.5 Å². The number of nitrogens with one attached hydrogen (secondary N) is 2. The molecule has 0 saturated carbocycles. The first-order valence-electron chi connectivity index (χ1n) is 7.84. The van der Waals surface area contributed by atoms with Crippen molar-refractivity contribution in [3.8, 4) is 0 Å². The molecule has 0 bridgehead atoms. The molecule has 4 N–H and O–H groups in total. The van der Waals surface area contributed by atoms with Gasteiger partial charge in [0.25, 0.3) is 0 Å². The lowest BCUT2D eigenvalue weighted by Crippen LogP contribution is -2.09. The van der Waals surface area contributed by atoms with Crippen molar-refractivity contribution >= 4 is 40.8 Å². The zero-order valence-electron chi connectivity index (χ0n) is 13.8. The van der Waals surface area contributed by atoms with Gasteiger partial charge in [-0.05, 0) is 36.8 Å². The van der Waals surface area contributed by atoms with E-state index in [1.165, 1.54) is 0 Å². The summed E-state index contributed by atoms with van der Waals surface area (Å²) in [6.07, 6.45) is -0.536. The van der Waals surface area contributed by atoms with E-state index < -0.39 is 6.10 Å². The normalized spacial score (nSPS) is 11.6. The molecule has 0 radical (unpaired) electrons. The number of rotatable bonds is 6. The SMILES string of the molecule is CC(O)c1cccc(Nc2nc(NCCO)c3ccccc3n2)c1.Cl. The van der Waals surface area contributed by atoms with E-state index in [-0.39, 0.29) is 19.0 Å². The third-order valence-corrected chi connectivity index (χ3v) is 3.63. The average Bonchev–Trinajstić information content (AvgIpc) is 2.60. The van der Waals surface area contributed by atoms with Crippen molar-refractivity contribution in [2.45, 2.75) is 13.0 Å². The maximum atomic E-state index is 9.70. The zero-order valence-corrected chi connectivity index (χ0v) is 14.6. The summed E-state index contributed by atoms with van der Waals surface area (Å²) in [6.45, 7) is 2.16. The number of nitrogens with zero attached hydrogens (tertiary/aromatic N) is 2. The van der Waals surface area contributed by atoms with E-state index >= 15 is 0 Å². The lowest BCUT2D eigenvalue weighted by atomic mass is 10.1. The molecule has 1 unspecified atom stereocenters. The number of anilines is 3. The maximum Gasteiger partial charge on any atom is 0.229 e. The Kier molecular flexibility index (Phi) is 6.52. The number of aliphatic hydroxyl groups is 2. The van der Waals surface area contributed by atoms with Crippen molar-refractivity contribution < 1.29 is 10.2 Å². The van der Waals surface area contributed by atoms with Crippen LogP contribution in [0.25, 0.3) is 10.9 Å². The monoisotopic (exact) mass is 360 g/mol. The molecule has 1 heterocycles. The van der Waals surface area contributed by atoms with E-state index in [4.69, 9.17) is 5.11 Å². The minimum Gasteiger partial charge on any atom is -0.395 e. The van der Waals surface area contributed by atoms with Crippen LogP contribution in [0.5, 0.6) is 0 Å². The molecule has 0 fully saturated rings. The van der Waals surface area contributed by atoms with Crippen LogP contribution >= 0.6 is 12.4 Å². The van der Waals surface area contributed by atoms with Gasteiger partial charge in [0, 0.05) is 17.6 Å². The van der Waals surface area contributed by atoms with Gasteiger partial charge in [-0.2, -0.15) is 4.98 Å². The van der Waals surface area contributed by atoms with Gasteiger partial charge in [0.2, 0.25) is 5.95 Å². The Bertz CT molecular complexity index is 842. The van der Waals surface area contributed by atoms with Crippen molar-refractivity contribution in [3.63, 3.8) is 0 Å². The molecule has 0 spiro atoms. The van der Waals surface area contributed by atoms with Crippen LogP contribution in [-0.4, -0.2) is 33.3 Å². The molecule has 0 aliphatic rings. The standard InChI is InChI=1S/C18H20N4O2.ClH/c1-12(24)13-5-4-6-14(11-13)20-18-21-16-8-3-2-7-15(16)17(22-18)19-9-10-23;/h2-8,11-12,23-24H,9-10H2,1H3,(H2,19,20,21,22);1H. The predicted octanol–water partition coefficient (Wildman–Crippen LogP) is 3.25. The molecule has 0 aliphatic carbocycles. The topological polar surface area (TPSA) is 90.3 Å². The number of para-hydroxylation sites is 1. The van der Waals surface area contributed by atoms with Crippen molar-refractivity contribution in [1.29, 1.82) is 0 Å². The Hall–Kier alpha value is -2.41. The summed E-state index contributed by atoms with van der Waals surface area (Å²) in [4.78, 5) is 9.03. The van der Waals surface area contributed by atoms with Crippen LogP contribution in [-0.2, 0) is 0 Å². The first kappa shape index (κ1) is 18.9. The van der Waals surface area contributed by atoms with Gasteiger partial charge >= 0.3 is 0 Å². The van der Waals surface area contributed by atoms with Gasteiger partial charge in [0.1, 0.15) is 5.82 Å². The van der Waals surface area contributed by atoms with Crippen LogP contribution in [0.2, 0.25) is 0 Å². The molecule has 6 nitrogen and oxygen atoms in total. The average molecular weight is 361 g/mol. The van der Waals surface area contributed by atoms with Crippen molar-refractivity contribution in [1.82, 2.24) is 9.97 Å². The second-order valence-electron chi connectivity index (χ2n) is 5.49. The smallest absolute Gasteiger partial charge is 0.229 e. The summed E-state index contributed by atoms with van der Waals surface area (Å²) in [5, 5.41) is 25.9. The quantitative estimate of drug-likeness (QED) is 0.539. The van der Waals surface area contributed by atoms with E-state index in [1.54, 1.807) is 6.92 Å². The molecule has 0 saturated heterocycles. The minimum atomic E-state index is -0.536. The lowest BCUT2D eigenvalue weighted by molar-refractivity contribution is 0.199. The molecule has 7 heteroatoms. The maximum absolute atomic E-state index is 9.70. The number of fused-ring (bicyclic) bond motifs is 1. The molecule has 25 heavy (non-hydrogen) atoms. The van der Waals surface area contributed by atoms with Crippen LogP contribution in [0.1, 0.15) is 18.6 Å². The molecule has 3 rings (SSSR count). The Balaban J connectivity index is 0.00000225. The third-order valence-electron chi connectivity index (χ3n) is 3.63. The molecular weight excluding hydrogens is 340 g/mol. The van der Waals surface area contributed by atoms with Gasteiger partial charge in [-0.3, -0.25) is 0 Å². The van der Waals surface area contributed by atoms with Crippen molar-refractivity contribution in [3.05, 3.63) is 54.1 Å². The molecular formula is C18H21ClN4O2. The Morgan fingerprint density at radius 2 is 1.88 bits per heavy atom. The summed E-state index contributed by atoms with van der Waals surface area (Å²) in [6, 6.07) is 15.2. The van der Waals surface area contributed by atoms with Crippen molar-refractivity contribution in [2.75, 3.05) is 23.8 Å². The minimum absolute atomic E-state index is 0. The number of aliphatic hydroxyl groups excluding tert-OH is 2. The summed E-state index contributed by atoms with van der Waals surface area (Å²) < 4.78 is 0. The lowest BCUT2D eigenvalue weighted by Gasteiger charge is -2.12. The van der Waals surface area contributed by atoms with E-state index in [0.717, 1.165) is 22.2 Å². The number of halogens is 1. The Morgan fingerprint density at radius 3 is 2.64 bits per heavy atom. The van der Waals surface area contributed by atoms with Gasteiger partial charge in [-0.25, -0.2) is 4.98 Å². The van der Waals surface area contributed by atoms with Gasteiger partial charge in [0.15, 0.2) is 0 Å². The van der Waals surface area contributed by atoms with Gasteiger partial charge < -0.3 is 20.8 Å². The van der Waals surface area contributed by atoms with E-state index in [0.29, 0.717) is 18.3 Å². The summed E-state index contributed by atoms with van der Waals surface area (Å²) in [7, 11) is 0. The molecule has 0 aliphatic heterocycles. The molecule has 3 aromatic rings. The van der Waals surface area contributed by atoms with Crippen LogP contribution in [0, 0.1) is 0 Å². The fourth-order valence-electron chi connectivity index (χ4n) is 2.45. The molecule has 2 aromatic carbocycles. The highest BCUT2D eigenvalue weighted by molar-refractivity contribution is 5.90. The molecule has 0 amide bonds. The van der Waals surface area contributed by atoms with E-state index in [2.05, 4.69) is 20.6 Å². The van der Waals surface area contributed by atoms with Crippen LogP contribution in [0.4, 0.5) is 17.5 Å². The first-order valence-corrected chi connectivity index (χ1v) is 7.84. The van der Waals surface area contributed by atoms with Crippen LogP contribution < -0.4 is 10.6 Å². The summed E-state index contributed by atoms with van der Waals surface area (Å²) in [5.74, 6) is 1.13. The van der Waals surface area contributed by atoms with Gasteiger partial charge in [-0.1, -0.05) is 24.3 Å². The Labute approximate surface area is 152 Å². The largest absolute Gasteiger partial charge is 0.395 e. The Morgan fingerprint density at radius 1 is 1.08 bits per heavy atom. The second-order valence-corrected chi connectivity index (χ2v) is 5.49. The number of benzene rings is 2.